The first-order chi connectivity index (χ1) is 27.8. The van der Waals surface area contributed by atoms with E-state index >= 15 is 0 Å². The summed E-state index contributed by atoms with van der Waals surface area (Å²) in [4.78, 5) is 37.1. The Hall–Kier alpha value is -2.03. The highest BCUT2D eigenvalue weighted by Crippen LogP contribution is 2.38. The summed E-state index contributed by atoms with van der Waals surface area (Å²) in [5.74, 6) is -0.865. The van der Waals surface area contributed by atoms with E-state index in [0.717, 1.165) is 70.6 Å². The molecule has 2 atom stereocenters. The molecule has 0 saturated carbocycles. The van der Waals surface area contributed by atoms with E-state index in [1.54, 1.807) is 0 Å². The van der Waals surface area contributed by atoms with Gasteiger partial charge in [0, 0.05) is 12.8 Å². The van der Waals surface area contributed by atoms with Gasteiger partial charge in [0.1, 0.15) is 13.2 Å². The van der Waals surface area contributed by atoms with Gasteiger partial charge in [-0.1, -0.05) is 172 Å². The average molecular weight is 824 g/mol. The lowest BCUT2D eigenvalue weighted by atomic mass is 10.0. The van der Waals surface area contributed by atoms with Crippen molar-refractivity contribution < 1.29 is 43.3 Å². The van der Waals surface area contributed by atoms with Crippen LogP contribution in [0.3, 0.4) is 0 Å². The van der Waals surface area contributed by atoms with Crippen molar-refractivity contribution in [3.05, 3.63) is 48.6 Å². The maximum absolute atomic E-state index is 12.6. The quantitative estimate of drug-likeness (QED) is 0.0277. The van der Waals surface area contributed by atoms with Crippen LogP contribution in [0.2, 0.25) is 0 Å². The Morgan fingerprint density at radius 1 is 0.544 bits per heavy atom. The molecule has 10 heteroatoms. The van der Waals surface area contributed by atoms with Gasteiger partial charge in [-0.05, 0) is 70.6 Å². The summed E-state index contributed by atoms with van der Waals surface area (Å²) in [7, 11) is -4.59. The summed E-state index contributed by atoms with van der Waals surface area (Å²) in [6.07, 6.45) is 49.9. The fourth-order valence-electron chi connectivity index (χ4n) is 6.30. The van der Waals surface area contributed by atoms with Crippen molar-refractivity contribution in [3.8, 4) is 0 Å². The number of allylic oxidation sites excluding steroid dienone is 8. The molecule has 9 nitrogen and oxygen atoms in total. The normalized spacial score (nSPS) is 13.7. The molecular weight excluding hydrogens is 737 g/mol. The van der Waals surface area contributed by atoms with Gasteiger partial charge in [0.05, 0.1) is 13.2 Å². The van der Waals surface area contributed by atoms with Crippen molar-refractivity contribution in [3.63, 3.8) is 0 Å². The first-order valence-electron chi connectivity index (χ1n) is 23.2. The molecule has 0 spiro atoms. The molecular formula is C47H86NO8P. The molecule has 0 aliphatic heterocycles. The van der Waals surface area contributed by atoms with E-state index in [1.165, 1.54) is 103 Å². The molecule has 0 bridgehead atoms. The molecule has 0 saturated heterocycles. The minimum atomic E-state index is -4.59. The van der Waals surface area contributed by atoms with Crippen molar-refractivity contribution in [1.82, 2.24) is 0 Å². The molecule has 57 heavy (non-hydrogen) atoms. The first-order valence-corrected chi connectivity index (χ1v) is 24.6. The van der Waals surface area contributed by atoms with Crippen LogP contribution in [0, 0.1) is 0 Å². The van der Waals surface area contributed by atoms with Crippen LogP contribution in [0.5, 0.6) is 0 Å². The van der Waals surface area contributed by atoms with Crippen molar-refractivity contribution in [2.45, 2.75) is 213 Å². The van der Waals surface area contributed by atoms with Crippen molar-refractivity contribution in [2.75, 3.05) is 26.4 Å². The van der Waals surface area contributed by atoms with Crippen LogP contribution in [-0.4, -0.2) is 44.4 Å². The molecule has 0 aromatic carbocycles. The fourth-order valence-corrected chi connectivity index (χ4v) is 7.07. The number of hydrogen-bond acceptors (Lipinski definition) is 8. The number of esters is 2. The zero-order valence-electron chi connectivity index (χ0n) is 36.7. The molecule has 0 amide bonds. The second-order valence-electron chi connectivity index (χ2n) is 15.3. The second-order valence-corrected chi connectivity index (χ2v) is 16.7. The fraction of sp³-hybridized carbons (Fsp3) is 0.787. The highest BCUT2D eigenvalue weighted by atomic mass is 31.2. The number of hydrogen-bond donors (Lipinski definition) is 1. The third-order valence-electron chi connectivity index (χ3n) is 9.72. The van der Waals surface area contributed by atoms with Crippen molar-refractivity contribution in [2.24, 2.45) is 0 Å². The van der Waals surface area contributed by atoms with E-state index < -0.39 is 32.5 Å². The third-order valence-corrected chi connectivity index (χ3v) is 10.7. The van der Waals surface area contributed by atoms with Gasteiger partial charge >= 0.3 is 11.9 Å². The molecule has 0 aromatic heterocycles. The first kappa shape index (κ1) is 55.0. The van der Waals surface area contributed by atoms with Gasteiger partial charge in [-0.3, -0.25) is 14.2 Å². The summed E-state index contributed by atoms with van der Waals surface area (Å²) in [6.45, 7) is 3.81. The number of unbranched alkanes of at least 4 members (excludes halogenated alkanes) is 22. The summed E-state index contributed by atoms with van der Waals surface area (Å²) >= 11 is 0. The second kappa shape index (κ2) is 43.5. The Morgan fingerprint density at radius 3 is 1.46 bits per heavy atom. The van der Waals surface area contributed by atoms with Crippen LogP contribution in [0.25, 0.3) is 0 Å². The van der Waals surface area contributed by atoms with Crippen LogP contribution in [0.15, 0.2) is 48.6 Å². The lowest BCUT2D eigenvalue weighted by Crippen LogP contribution is -2.52. The van der Waals surface area contributed by atoms with E-state index in [1.807, 2.05) is 0 Å². The number of quaternary nitrogens is 1. The maximum atomic E-state index is 12.6. The van der Waals surface area contributed by atoms with E-state index in [0.29, 0.717) is 6.42 Å². The predicted molar refractivity (Wildman–Crippen MR) is 235 cm³/mol. The van der Waals surface area contributed by atoms with Gasteiger partial charge in [0.2, 0.25) is 0 Å². The summed E-state index contributed by atoms with van der Waals surface area (Å²) in [6, 6.07) is 0. The summed E-state index contributed by atoms with van der Waals surface area (Å²) in [5.41, 5.74) is 3.56. The summed E-state index contributed by atoms with van der Waals surface area (Å²) in [5, 5.41) is 0. The molecule has 0 aliphatic carbocycles. The molecule has 0 rings (SSSR count). The molecule has 0 aromatic rings. The van der Waals surface area contributed by atoms with Crippen LogP contribution < -0.4 is 10.6 Å². The smallest absolute Gasteiger partial charge is 0.306 e. The number of carbonyl (C=O) groups excluding carboxylic acids is 2. The Bertz CT molecular complexity index is 1080. The topological polar surface area (TPSA) is 139 Å². The zero-order valence-corrected chi connectivity index (χ0v) is 37.6. The minimum absolute atomic E-state index is 0.108. The maximum Gasteiger partial charge on any atom is 0.306 e. The number of carbonyl (C=O) groups is 2. The van der Waals surface area contributed by atoms with E-state index in [9.17, 15) is 19.0 Å². The SMILES string of the molecule is CC/C=C\C/C=C\C/C=C\CCCCCCCC(=O)O[C@H](COC(=O)CCCCCCCCCCCCC/C=C\CCCCCCCC)COP(=O)([O-])OCC[NH3+]. The van der Waals surface area contributed by atoms with E-state index in [2.05, 4.69) is 68.2 Å². The highest BCUT2D eigenvalue weighted by molar-refractivity contribution is 7.45. The van der Waals surface area contributed by atoms with Crippen LogP contribution in [0.4, 0.5) is 0 Å². The number of phosphoric acid groups is 1. The molecule has 0 radical (unpaired) electrons. The van der Waals surface area contributed by atoms with Gasteiger partial charge < -0.3 is 29.1 Å². The Kier molecular flexibility index (Phi) is 42.0. The van der Waals surface area contributed by atoms with E-state index in [4.69, 9.17) is 18.5 Å². The molecule has 0 heterocycles. The largest absolute Gasteiger partial charge is 0.756 e. The lowest BCUT2D eigenvalue weighted by Gasteiger charge is -2.25. The van der Waals surface area contributed by atoms with Crippen LogP contribution in [-0.2, 0) is 32.7 Å². The molecule has 1 unspecified atom stereocenters. The Morgan fingerprint density at radius 2 is 0.965 bits per heavy atom. The zero-order chi connectivity index (χ0) is 41.8. The van der Waals surface area contributed by atoms with Gasteiger partial charge in [-0.15, -0.1) is 0 Å². The van der Waals surface area contributed by atoms with Crippen LogP contribution >= 0.6 is 7.82 Å². The van der Waals surface area contributed by atoms with E-state index in [-0.39, 0.29) is 32.6 Å². The standard InChI is InChI=1S/C47H86NO8P/c1-3-5-7-9-11-13-15-17-19-20-21-22-23-24-26-27-29-31-33-35-37-39-46(49)53-43-45(44-55-57(51,52)54-42-41-48)56-47(50)40-38-36-34-32-30-28-25-18-16-14-12-10-8-6-4-2/h6,8,12,14,17-19,25,45H,3-5,7,9-11,13,15-16,20-24,26-44,48H2,1-2H3,(H,51,52)/b8-6-,14-12-,19-17-,25-18-/t45-/m1/s1. The number of ether oxygens (including phenoxy) is 2. The van der Waals surface area contributed by atoms with Gasteiger partial charge in [-0.2, -0.15) is 0 Å². The average Bonchev–Trinajstić information content (AvgIpc) is 3.20. The minimum Gasteiger partial charge on any atom is -0.756 e. The molecule has 0 fully saturated rings. The lowest BCUT2D eigenvalue weighted by molar-refractivity contribution is -0.373. The number of phosphoric ester groups is 1. The van der Waals surface area contributed by atoms with Crippen molar-refractivity contribution in [1.29, 1.82) is 0 Å². The molecule has 3 N–H and O–H groups in total. The predicted octanol–water partition coefficient (Wildman–Crippen LogP) is 12.2. The Balaban J connectivity index is 4.09. The van der Waals surface area contributed by atoms with Gasteiger partial charge in [0.15, 0.2) is 6.10 Å². The molecule has 332 valence electrons. The van der Waals surface area contributed by atoms with Crippen LogP contribution in [0.1, 0.15) is 206 Å². The van der Waals surface area contributed by atoms with Gasteiger partial charge in [0.25, 0.3) is 7.82 Å². The molecule has 0 aliphatic rings. The Labute approximate surface area is 349 Å². The third kappa shape index (κ3) is 43.4. The number of rotatable bonds is 43. The van der Waals surface area contributed by atoms with Crippen molar-refractivity contribution >= 4 is 19.8 Å². The highest BCUT2D eigenvalue weighted by Gasteiger charge is 2.21. The van der Waals surface area contributed by atoms with Gasteiger partial charge in [-0.25, -0.2) is 0 Å². The monoisotopic (exact) mass is 824 g/mol. The summed E-state index contributed by atoms with van der Waals surface area (Å²) < 4.78 is 32.6.